The Labute approximate surface area is 158 Å². The van der Waals surface area contributed by atoms with Crippen LogP contribution in [-0.4, -0.2) is 43.2 Å². The Kier molecular flexibility index (Phi) is 5.72. The molecule has 142 valence electrons. The van der Waals surface area contributed by atoms with Gasteiger partial charge in [-0.2, -0.15) is 0 Å². The number of nitrogens with zero attached hydrogens (tertiary/aromatic N) is 3. The van der Waals surface area contributed by atoms with Gasteiger partial charge in [0.25, 0.3) is 0 Å². The highest BCUT2D eigenvalue weighted by Gasteiger charge is 2.13. The second-order valence-corrected chi connectivity index (χ2v) is 7.52. The monoisotopic (exact) mass is 387 g/mol. The van der Waals surface area contributed by atoms with E-state index in [0.717, 1.165) is 5.82 Å². The number of hydrogen-bond acceptors (Lipinski definition) is 6. The summed E-state index contributed by atoms with van der Waals surface area (Å²) in [5, 5.41) is 3.12. The number of anilines is 1. The molecule has 27 heavy (non-hydrogen) atoms. The fraction of sp³-hybridized carbons (Fsp3) is 0.222. The van der Waals surface area contributed by atoms with Crippen LogP contribution in [0.4, 0.5) is 5.82 Å². The summed E-state index contributed by atoms with van der Waals surface area (Å²) in [5.41, 5.74) is 0. The van der Waals surface area contributed by atoms with Crippen molar-refractivity contribution in [2.45, 2.75) is 11.8 Å². The third-order valence-electron chi connectivity index (χ3n) is 3.79. The number of hydrogen-bond donors (Lipinski definition) is 2. The van der Waals surface area contributed by atoms with E-state index in [-0.39, 0.29) is 11.4 Å². The first kappa shape index (κ1) is 18.9. The van der Waals surface area contributed by atoms with Crippen molar-refractivity contribution in [1.29, 1.82) is 0 Å². The molecule has 0 amide bonds. The van der Waals surface area contributed by atoms with Crippen LogP contribution in [0.5, 0.6) is 5.75 Å². The molecule has 2 N–H and O–H groups in total. The molecule has 0 spiro atoms. The quantitative estimate of drug-likeness (QED) is 0.574. The largest absolute Gasteiger partial charge is 0.497 e. The minimum Gasteiger partial charge on any atom is -0.497 e. The molecule has 3 aromatic rings. The van der Waals surface area contributed by atoms with Gasteiger partial charge in [-0.3, -0.25) is 0 Å². The van der Waals surface area contributed by atoms with E-state index in [4.69, 9.17) is 4.74 Å². The number of rotatable bonds is 8. The molecule has 0 bridgehead atoms. The molecule has 2 aromatic heterocycles. The highest BCUT2D eigenvalue weighted by Crippen LogP contribution is 2.15. The summed E-state index contributed by atoms with van der Waals surface area (Å²) < 4.78 is 34.1. The van der Waals surface area contributed by atoms with Gasteiger partial charge >= 0.3 is 0 Å². The summed E-state index contributed by atoms with van der Waals surface area (Å²) in [6, 6.07) is 11.9. The van der Waals surface area contributed by atoms with Crippen molar-refractivity contribution < 1.29 is 13.2 Å². The van der Waals surface area contributed by atoms with Gasteiger partial charge in [0.2, 0.25) is 10.0 Å². The maximum Gasteiger partial charge on any atom is 0.240 e. The maximum atomic E-state index is 12.3. The number of nitrogens with one attached hydrogen (secondary N) is 2. The molecule has 0 aliphatic carbocycles. The second kappa shape index (κ2) is 8.19. The molecule has 0 saturated carbocycles. The fourth-order valence-electron chi connectivity index (χ4n) is 2.48. The van der Waals surface area contributed by atoms with E-state index in [1.807, 2.05) is 42.1 Å². The number of sulfonamides is 1. The first-order valence-corrected chi connectivity index (χ1v) is 9.83. The molecule has 0 saturated heterocycles. The number of aryl methyl sites for hydroxylation is 1. The Morgan fingerprint density at radius 2 is 1.78 bits per heavy atom. The van der Waals surface area contributed by atoms with Gasteiger partial charge < -0.3 is 14.6 Å². The van der Waals surface area contributed by atoms with Crippen LogP contribution in [0, 0.1) is 6.92 Å². The minimum atomic E-state index is -3.57. The molecule has 3 rings (SSSR count). The first-order chi connectivity index (χ1) is 13.0. The predicted molar refractivity (Wildman–Crippen MR) is 103 cm³/mol. The van der Waals surface area contributed by atoms with Crippen molar-refractivity contribution in [3.05, 3.63) is 60.7 Å². The lowest BCUT2D eigenvalue weighted by Crippen LogP contribution is -2.29. The Bertz CT molecular complexity index is 986. The average Bonchev–Trinajstić information content (AvgIpc) is 3.20. The van der Waals surface area contributed by atoms with Crippen LogP contribution in [0.25, 0.3) is 5.82 Å². The van der Waals surface area contributed by atoms with Gasteiger partial charge in [-0.05, 0) is 43.3 Å². The number of ether oxygens (including phenoxy) is 1. The molecule has 0 unspecified atom stereocenters. The number of aromatic nitrogens is 3. The summed E-state index contributed by atoms with van der Waals surface area (Å²) >= 11 is 0. The highest BCUT2D eigenvalue weighted by atomic mass is 32.2. The molecule has 0 radical (unpaired) electrons. The van der Waals surface area contributed by atoms with E-state index < -0.39 is 10.0 Å². The van der Waals surface area contributed by atoms with Gasteiger partial charge in [0.1, 0.15) is 23.2 Å². The van der Waals surface area contributed by atoms with E-state index in [2.05, 4.69) is 20.0 Å². The summed E-state index contributed by atoms with van der Waals surface area (Å²) in [4.78, 5) is 8.91. The lowest BCUT2D eigenvalue weighted by atomic mass is 10.3. The zero-order chi connectivity index (χ0) is 19.3. The van der Waals surface area contributed by atoms with E-state index in [1.165, 1.54) is 19.2 Å². The highest BCUT2D eigenvalue weighted by molar-refractivity contribution is 7.89. The van der Waals surface area contributed by atoms with Crippen molar-refractivity contribution in [3.8, 4) is 11.6 Å². The molecule has 0 aliphatic heterocycles. The zero-order valence-electron chi connectivity index (χ0n) is 15.1. The van der Waals surface area contributed by atoms with Crippen molar-refractivity contribution >= 4 is 15.8 Å². The summed E-state index contributed by atoms with van der Waals surface area (Å²) in [5.74, 6) is 2.61. The molecule has 0 atom stereocenters. The van der Waals surface area contributed by atoms with Gasteiger partial charge in [-0.15, -0.1) is 0 Å². The van der Waals surface area contributed by atoms with Crippen molar-refractivity contribution in [1.82, 2.24) is 19.3 Å². The van der Waals surface area contributed by atoms with E-state index in [0.29, 0.717) is 23.9 Å². The van der Waals surface area contributed by atoms with E-state index in [9.17, 15) is 8.42 Å². The number of benzene rings is 1. The third-order valence-corrected chi connectivity index (χ3v) is 5.26. The van der Waals surface area contributed by atoms with Crippen LogP contribution in [0.15, 0.2) is 59.8 Å². The van der Waals surface area contributed by atoms with Gasteiger partial charge in [0, 0.05) is 31.5 Å². The maximum absolute atomic E-state index is 12.3. The normalized spacial score (nSPS) is 11.3. The SMILES string of the molecule is COc1ccc(S(=O)(=O)NCCNc2cc(-n3cccc3)nc(C)n2)cc1. The van der Waals surface area contributed by atoms with Crippen LogP contribution in [-0.2, 0) is 10.0 Å². The summed E-state index contributed by atoms with van der Waals surface area (Å²) in [6.07, 6.45) is 3.79. The van der Waals surface area contributed by atoms with Crippen LogP contribution in [0.2, 0.25) is 0 Å². The van der Waals surface area contributed by atoms with E-state index in [1.54, 1.807) is 12.1 Å². The zero-order valence-corrected chi connectivity index (χ0v) is 15.9. The van der Waals surface area contributed by atoms with E-state index >= 15 is 0 Å². The molecule has 8 nitrogen and oxygen atoms in total. The fourth-order valence-corrected chi connectivity index (χ4v) is 3.51. The Morgan fingerprint density at radius 1 is 1.07 bits per heavy atom. The molecule has 0 aliphatic rings. The summed E-state index contributed by atoms with van der Waals surface area (Å²) in [6.45, 7) is 2.41. The molecule has 0 fully saturated rings. The van der Waals surface area contributed by atoms with Gasteiger partial charge in [0.15, 0.2) is 0 Å². The minimum absolute atomic E-state index is 0.191. The topological polar surface area (TPSA) is 98.1 Å². The molecule has 1 aromatic carbocycles. The molecular weight excluding hydrogens is 366 g/mol. The van der Waals surface area contributed by atoms with Gasteiger partial charge in [-0.1, -0.05) is 0 Å². The van der Waals surface area contributed by atoms with Crippen LogP contribution in [0.1, 0.15) is 5.82 Å². The van der Waals surface area contributed by atoms with Gasteiger partial charge in [-0.25, -0.2) is 23.1 Å². The molecular formula is C18H21N5O3S. The molecule has 9 heteroatoms. The Hall–Kier alpha value is -2.91. The van der Waals surface area contributed by atoms with Crippen LogP contribution >= 0.6 is 0 Å². The van der Waals surface area contributed by atoms with Crippen molar-refractivity contribution in [2.75, 3.05) is 25.5 Å². The summed E-state index contributed by atoms with van der Waals surface area (Å²) in [7, 11) is -2.04. The average molecular weight is 387 g/mol. The van der Waals surface area contributed by atoms with Crippen molar-refractivity contribution in [3.63, 3.8) is 0 Å². The predicted octanol–water partition coefficient (Wildman–Crippen LogP) is 1.97. The Balaban J connectivity index is 1.58. The third kappa shape index (κ3) is 4.83. The van der Waals surface area contributed by atoms with Crippen LogP contribution < -0.4 is 14.8 Å². The smallest absolute Gasteiger partial charge is 0.240 e. The van der Waals surface area contributed by atoms with Gasteiger partial charge in [0.05, 0.1) is 12.0 Å². The lowest BCUT2D eigenvalue weighted by Gasteiger charge is -2.10. The molecule has 2 heterocycles. The Morgan fingerprint density at radius 3 is 2.44 bits per heavy atom. The van der Waals surface area contributed by atoms with Crippen LogP contribution in [0.3, 0.4) is 0 Å². The van der Waals surface area contributed by atoms with Crippen molar-refractivity contribution in [2.24, 2.45) is 0 Å². The standard InChI is InChI=1S/C18H21N5O3S/c1-14-21-17(13-18(22-14)23-11-3-4-12-23)19-9-10-20-27(24,25)16-7-5-15(26-2)6-8-16/h3-8,11-13,20H,9-10H2,1-2H3,(H,19,21,22). The first-order valence-electron chi connectivity index (χ1n) is 8.34. The lowest BCUT2D eigenvalue weighted by molar-refractivity contribution is 0.414. The number of methoxy groups -OCH3 is 1. The second-order valence-electron chi connectivity index (χ2n) is 5.75.